The summed E-state index contributed by atoms with van der Waals surface area (Å²) < 4.78 is 19.3. The maximum atomic E-state index is 13.8. The number of piperazine rings is 1. The lowest BCUT2D eigenvalue weighted by molar-refractivity contribution is -0.138. The Morgan fingerprint density at radius 2 is 1.50 bits per heavy atom. The zero-order valence-corrected chi connectivity index (χ0v) is 17.3. The minimum atomic E-state index is -0.739. The lowest BCUT2D eigenvalue weighted by Gasteiger charge is -2.36. The van der Waals surface area contributed by atoms with Crippen molar-refractivity contribution in [1.29, 1.82) is 0 Å². The van der Waals surface area contributed by atoms with Crippen LogP contribution in [0, 0.1) is 5.82 Å². The van der Waals surface area contributed by atoms with E-state index in [2.05, 4.69) is 20.0 Å². The van der Waals surface area contributed by atoms with Crippen molar-refractivity contribution in [3.05, 3.63) is 42.2 Å². The van der Waals surface area contributed by atoms with E-state index in [1.807, 2.05) is 12.1 Å². The van der Waals surface area contributed by atoms with Crippen LogP contribution >= 0.6 is 0 Å². The summed E-state index contributed by atoms with van der Waals surface area (Å²) in [4.78, 5) is 18.9. The third kappa shape index (κ3) is 4.63. The molecular weight excluding hydrogens is 385 g/mol. The van der Waals surface area contributed by atoms with Gasteiger partial charge in [0.25, 0.3) is 5.91 Å². The summed E-state index contributed by atoms with van der Waals surface area (Å²) in [6.07, 6.45) is 2.96. The molecule has 0 bridgehead atoms. The number of nitrogens with zero attached hydrogens (tertiary/aromatic N) is 5. The molecular formula is C22H28FN5O2. The quantitative estimate of drug-likeness (QED) is 0.751. The normalized spacial score (nSPS) is 18.3. The van der Waals surface area contributed by atoms with E-state index >= 15 is 0 Å². The Kier molecular flexibility index (Phi) is 6.30. The Balaban J connectivity index is 1.30. The van der Waals surface area contributed by atoms with Gasteiger partial charge >= 0.3 is 0 Å². The average molecular weight is 413 g/mol. The van der Waals surface area contributed by atoms with Crippen LogP contribution in [0.25, 0.3) is 0 Å². The molecule has 0 radical (unpaired) electrons. The summed E-state index contributed by atoms with van der Waals surface area (Å²) in [7, 11) is 0. The van der Waals surface area contributed by atoms with Gasteiger partial charge < -0.3 is 19.4 Å². The van der Waals surface area contributed by atoms with Crippen LogP contribution in [0.2, 0.25) is 0 Å². The molecule has 1 atom stereocenters. The summed E-state index contributed by atoms with van der Waals surface area (Å²) in [5, 5.41) is 8.83. The van der Waals surface area contributed by atoms with Gasteiger partial charge in [-0.2, -0.15) is 0 Å². The van der Waals surface area contributed by atoms with E-state index in [0.29, 0.717) is 26.2 Å². The van der Waals surface area contributed by atoms with Gasteiger partial charge in [-0.15, -0.1) is 10.2 Å². The molecule has 2 fully saturated rings. The summed E-state index contributed by atoms with van der Waals surface area (Å²) in [6, 6.07) is 10.2. The van der Waals surface area contributed by atoms with Crippen molar-refractivity contribution in [2.75, 3.05) is 49.1 Å². The van der Waals surface area contributed by atoms with E-state index in [9.17, 15) is 9.18 Å². The van der Waals surface area contributed by atoms with E-state index in [1.54, 1.807) is 24.0 Å². The van der Waals surface area contributed by atoms with E-state index in [4.69, 9.17) is 4.74 Å². The number of halogens is 1. The van der Waals surface area contributed by atoms with Crippen molar-refractivity contribution in [3.63, 3.8) is 0 Å². The number of carbonyl (C=O) groups is 1. The Labute approximate surface area is 176 Å². The molecule has 160 valence electrons. The molecule has 4 rings (SSSR count). The molecule has 0 aliphatic carbocycles. The second-order valence-electron chi connectivity index (χ2n) is 7.80. The minimum absolute atomic E-state index is 0.0982. The molecule has 1 aromatic heterocycles. The van der Waals surface area contributed by atoms with Crippen LogP contribution < -0.4 is 14.5 Å². The number of aromatic nitrogens is 2. The van der Waals surface area contributed by atoms with Gasteiger partial charge in [-0.05, 0) is 50.5 Å². The van der Waals surface area contributed by atoms with E-state index in [0.717, 1.165) is 24.7 Å². The fourth-order valence-corrected chi connectivity index (χ4v) is 3.97. The molecule has 2 aliphatic rings. The van der Waals surface area contributed by atoms with Gasteiger partial charge in [0.1, 0.15) is 0 Å². The van der Waals surface area contributed by atoms with Crippen LogP contribution in [-0.2, 0) is 4.79 Å². The van der Waals surface area contributed by atoms with Crippen LogP contribution in [0.3, 0.4) is 0 Å². The molecule has 0 N–H and O–H groups in total. The Hall–Kier alpha value is -2.90. The number of hydrogen-bond donors (Lipinski definition) is 0. The monoisotopic (exact) mass is 413 g/mol. The summed E-state index contributed by atoms with van der Waals surface area (Å²) in [5.41, 5.74) is 0. The van der Waals surface area contributed by atoms with Gasteiger partial charge in [0.2, 0.25) is 0 Å². The maximum absolute atomic E-state index is 13.8. The van der Waals surface area contributed by atoms with Gasteiger partial charge in [0.05, 0.1) is 0 Å². The number of para-hydroxylation sites is 1. The van der Waals surface area contributed by atoms with Crippen molar-refractivity contribution in [3.8, 4) is 5.75 Å². The number of piperidine rings is 1. The summed E-state index contributed by atoms with van der Waals surface area (Å²) in [5.74, 6) is 1.27. The van der Waals surface area contributed by atoms with Crippen molar-refractivity contribution >= 4 is 17.5 Å². The first-order valence-corrected chi connectivity index (χ1v) is 10.7. The van der Waals surface area contributed by atoms with E-state index < -0.39 is 11.9 Å². The topological polar surface area (TPSA) is 61.8 Å². The second-order valence-corrected chi connectivity index (χ2v) is 7.80. The number of hydrogen-bond acceptors (Lipinski definition) is 6. The molecule has 30 heavy (non-hydrogen) atoms. The highest BCUT2D eigenvalue weighted by Crippen LogP contribution is 2.21. The molecule has 8 heteroatoms. The van der Waals surface area contributed by atoms with Gasteiger partial charge in [-0.3, -0.25) is 4.79 Å². The SMILES string of the molecule is CC(Oc1ccccc1F)C(=O)N1CCN(c2ccc(N3CCCCC3)nn2)CC1. The first kappa shape index (κ1) is 20.4. The molecule has 1 amide bonds. The van der Waals surface area contributed by atoms with Crippen molar-refractivity contribution in [2.24, 2.45) is 0 Å². The molecule has 7 nitrogen and oxygen atoms in total. The molecule has 0 spiro atoms. The smallest absolute Gasteiger partial charge is 0.263 e. The Bertz CT molecular complexity index is 849. The first-order chi connectivity index (χ1) is 14.6. The van der Waals surface area contributed by atoms with Gasteiger partial charge in [-0.1, -0.05) is 12.1 Å². The first-order valence-electron chi connectivity index (χ1n) is 10.7. The predicted molar refractivity (Wildman–Crippen MR) is 113 cm³/mol. The number of benzene rings is 1. The van der Waals surface area contributed by atoms with Crippen LogP contribution in [0.1, 0.15) is 26.2 Å². The van der Waals surface area contributed by atoms with Crippen LogP contribution in [0.4, 0.5) is 16.0 Å². The zero-order valence-electron chi connectivity index (χ0n) is 17.3. The fraction of sp³-hybridized carbons (Fsp3) is 0.500. The third-order valence-electron chi connectivity index (χ3n) is 5.72. The number of amides is 1. The second kappa shape index (κ2) is 9.28. The molecule has 2 saturated heterocycles. The van der Waals surface area contributed by atoms with Crippen LogP contribution in [0.5, 0.6) is 5.75 Å². The molecule has 0 saturated carbocycles. The zero-order chi connectivity index (χ0) is 20.9. The van der Waals surface area contributed by atoms with Crippen molar-refractivity contribution < 1.29 is 13.9 Å². The molecule has 1 aromatic carbocycles. The number of rotatable bonds is 5. The molecule has 2 aliphatic heterocycles. The van der Waals surface area contributed by atoms with Crippen LogP contribution in [0.15, 0.2) is 36.4 Å². The highest BCUT2D eigenvalue weighted by atomic mass is 19.1. The van der Waals surface area contributed by atoms with Gasteiger partial charge in [0.15, 0.2) is 29.3 Å². The van der Waals surface area contributed by atoms with E-state index in [1.165, 1.54) is 31.4 Å². The largest absolute Gasteiger partial charge is 0.478 e. The maximum Gasteiger partial charge on any atom is 0.263 e. The Morgan fingerprint density at radius 1 is 0.900 bits per heavy atom. The lowest BCUT2D eigenvalue weighted by atomic mass is 10.1. The highest BCUT2D eigenvalue weighted by Gasteiger charge is 2.27. The van der Waals surface area contributed by atoms with Crippen LogP contribution in [-0.4, -0.2) is 66.4 Å². The Morgan fingerprint density at radius 3 is 2.10 bits per heavy atom. The summed E-state index contributed by atoms with van der Waals surface area (Å²) >= 11 is 0. The standard InChI is InChI=1S/C22H28FN5O2/c1-17(30-19-8-4-3-7-18(19)23)22(29)28-15-13-27(14-16-28)21-10-9-20(24-25-21)26-11-5-2-6-12-26/h3-4,7-10,17H,2,5-6,11-16H2,1H3. The van der Waals surface area contributed by atoms with Gasteiger partial charge in [0, 0.05) is 39.3 Å². The van der Waals surface area contributed by atoms with E-state index in [-0.39, 0.29) is 11.7 Å². The number of carbonyl (C=O) groups excluding carboxylic acids is 1. The molecule has 2 aromatic rings. The van der Waals surface area contributed by atoms with Crippen molar-refractivity contribution in [1.82, 2.24) is 15.1 Å². The van der Waals surface area contributed by atoms with Crippen molar-refractivity contribution in [2.45, 2.75) is 32.3 Å². The molecule has 3 heterocycles. The minimum Gasteiger partial charge on any atom is -0.478 e. The van der Waals surface area contributed by atoms with Gasteiger partial charge in [-0.25, -0.2) is 4.39 Å². The fourth-order valence-electron chi connectivity index (χ4n) is 3.97. The molecule has 1 unspecified atom stereocenters. The third-order valence-corrected chi connectivity index (χ3v) is 5.72. The lowest BCUT2D eigenvalue weighted by Crippen LogP contribution is -2.52. The average Bonchev–Trinajstić information content (AvgIpc) is 2.81. The number of anilines is 2. The predicted octanol–water partition coefficient (Wildman–Crippen LogP) is 2.72. The number of ether oxygens (including phenoxy) is 1. The highest BCUT2D eigenvalue weighted by molar-refractivity contribution is 5.81. The summed E-state index contributed by atoms with van der Waals surface area (Å²) in [6.45, 7) is 6.24.